The Labute approximate surface area is 113 Å². The normalized spacial score (nSPS) is 16.3. The fourth-order valence-electron chi connectivity index (χ4n) is 2.18. The number of rotatable bonds is 5. The SMILES string of the molecule is COCCNS(=O)(=O)N1CCc2c(N)cccc2C1. The maximum Gasteiger partial charge on any atom is 0.279 e. The zero-order valence-electron chi connectivity index (χ0n) is 10.9. The van der Waals surface area contributed by atoms with Crippen LogP contribution < -0.4 is 10.5 Å². The number of nitrogens with two attached hydrogens (primary N) is 1. The topological polar surface area (TPSA) is 84.7 Å². The summed E-state index contributed by atoms with van der Waals surface area (Å²) in [5, 5.41) is 0. The minimum Gasteiger partial charge on any atom is -0.398 e. The van der Waals surface area contributed by atoms with E-state index < -0.39 is 10.2 Å². The number of ether oxygens (including phenoxy) is 1. The zero-order valence-corrected chi connectivity index (χ0v) is 11.7. The second-order valence-electron chi connectivity index (χ2n) is 4.46. The summed E-state index contributed by atoms with van der Waals surface area (Å²) in [6.45, 7) is 1.45. The fraction of sp³-hybridized carbons (Fsp3) is 0.500. The summed E-state index contributed by atoms with van der Waals surface area (Å²) in [5.41, 5.74) is 8.67. The van der Waals surface area contributed by atoms with Crippen LogP contribution in [0.4, 0.5) is 5.69 Å². The highest BCUT2D eigenvalue weighted by molar-refractivity contribution is 7.87. The van der Waals surface area contributed by atoms with Crippen molar-refractivity contribution in [1.29, 1.82) is 0 Å². The molecule has 1 aliphatic heterocycles. The van der Waals surface area contributed by atoms with E-state index in [1.54, 1.807) is 0 Å². The lowest BCUT2D eigenvalue weighted by Crippen LogP contribution is -2.44. The molecule has 0 radical (unpaired) electrons. The van der Waals surface area contributed by atoms with Gasteiger partial charge in [0, 0.05) is 32.4 Å². The van der Waals surface area contributed by atoms with Crippen LogP contribution in [0.3, 0.4) is 0 Å². The van der Waals surface area contributed by atoms with Gasteiger partial charge in [0.1, 0.15) is 0 Å². The van der Waals surface area contributed by atoms with Crippen molar-refractivity contribution in [2.75, 3.05) is 32.5 Å². The van der Waals surface area contributed by atoms with Gasteiger partial charge in [0.2, 0.25) is 0 Å². The molecule has 1 aliphatic rings. The molecule has 1 heterocycles. The van der Waals surface area contributed by atoms with Gasteiger partial charge in [0.05, 0.1) is 6.61 Å². The molecule has 1 aromatic carbocycles. The first-order valence-electron chi connectivity index (χ1n) is 6.14. The molecule has 3 N–H and O–H groups in total. The van der Waals surface area contributed by atoms with Gasteiger partial charge >= 0.3 is 0 Å². The van der Waals surface area contributed by atoms with Crippen molar-refractivity contribution < 1.29 is 13.2 Å². The molecule has 0 atom stereocenters. The molecule has 19 heavy (non-hydrogen) atoms. The second kappa shape index (κ2) is 5.87. The standard InChI is InChI=1S/C12H19N3O3S/c1-18-8-6-14-19(16,17)15-7-5-11-10(9-15)3-2-4-12(11)13/h2-4,14H,5-9,13H2,1H3. The number of nitrogens with zero attached hydrogens (tertiary/aromatic N) is 1. The average Bonchev–Trinajstić information content (AvgIpc) is 2.39. The van der Waals surface area contributed by atoms with Crippen molar-refractivity contribution in [3.8, 4) is 0 Å². The summed E-state index contributed by atoms with van der Waals surface area (Å²) in [6.07, 6.45) is 0.646. The molecule has 0 unspecified atom stereocenters. The van der Waals surface area contributed by atoms with E-state index in [1.165, 1.54) is 11.4 Å². The van der Waals surface area contributed by atoms with Crippen molar-refractivity contribution in [2.45, 2.75) is 13.0 Å². The van der Waals surface area contributed by atoms with Crippen LogP contribution >= 0.6 is 0 Å². The van der Waals surface area contributed by atoms with Gasteiger partial charge in [-0.05, 0) is 23.6 Å². The average molecular weight is 285 g/mol. The van der Waals surface area contributed by atoms with Gasteiger partial charge in [-0.2, -0.15) is 17.4 Å². The van der Waals surface area contributed by atoms with Crippen LogP contribution in [0.5, 0.6) is 0 Å². The second-order valence-corrected chi connectivity index (χ2v) is 6.22. The quantitative estimate of drug-likeness (QED) is 0.594. The van der Waals surface area contributed by atoms with E-state index in [0.29, 0.717) is 26.1 Å². The molecule has 0 fully saturated rings. The van der Waals surface area contributed by atoms with Crippen LogP contribution in [-0.2, 0) is 27.9 Å². The predicted molar refractivity (Wildman–Crippen MR) is 73.8 cm³/mol. The molecule has 0 amide bonds. The third-order valence-electron chi connectivity index (χ3n) is 3.20. The fourth-order valence-corrected chi connectivity index (χ4v) is 3.35. The van der Waals surface area contributed by atoms with E-state index in [4.69, 9.17) is 10.5 Å². The van der Waals surface area contributed by atoms with Crippen molar-refractivity contribution in [2.24, 2.45) is 0 Å². The lowest BCUT2D eigenvalue weighted by molar-refractivity contribution is 0.203. The Morgan fingerprint density at radius 3 is 3.00 bits per heavy atom. The van der Waals surface area contributed by atoms with E-state index in [2.05, 4.69) is 4.72 Å². The van der Waals surface area contributed by atoms with E-state index in [1.807, 2.05) is 18.2 Å². The summed E-state index contributed by atoms with van der Waals surface area (Å²) in [4.78, 5) is 0. The highest BCUT2D eigenvalue weighted by atomic mass is 32.2. The maximum atomic E-state index is 12.1. The Bertz CT molecular complexity index is 545. The Kier molecular flexibility index (Phi) is 4.41. The van der Waals surface area contributed by atoms with E-state index in [0.717, 1.165) is 16.8 Å². The molecule has 0 bridgehead atoms. The minimum atomic E-state index is -3.45. The zero-order chi connectivity index (χ0) is 13.9. The summed E-state index contributed by atoms with van der Waals surface area (Å²) in [5.74, 6) is 0. The monoisotopic (exact) mass is 285 g/mol. The van der Waals surface area contributed by atoms with E-state index >= 15 is 0 Å². The highest BCUT2D eigenvalue weighted by Crippen LogP contribution is 2.25. The molecule has 0 saturated carbocycles. The number of methoxy groups -OCH3 is 1. The van der Waals surface area contributed by atoms with E-state index in [-0.39, 0.29) is 6.54 Å². The third-order valence-corrected chi connectivity index (χ3v) is 4.76. The maximum absolute atomic E-state index is 12.1. The van der Waals surface area contributed by atoms with Gasteiger partial charge in [0.15, 0.2) is 0 Å². The number of nitrogens with one attached hydrogen (secondary N) is 1. The highest BCUT2D eigenvalue weighted by Gasteiger charge is 2.26. The number of nitrogen functional groups attached to an aromatic ring is 1. The molecular formula is C12H19N3O3S. The van der Waals surface area contributed by atoms with Crippen LogP contribution in [0.2, 0.25) is 0 Å². The summed E-state index contributed by atoms with van der Waals surface area (Å²) < 4.78 is 33.0. The first kappa shape index (κ1) is 14.3. The molecule has 2 rings (SSSR count). The molecule has 0 aliphatic carbocycles. The van der Waals surface area contributed by atoms with Crippen LogP contribution in [0.15, 0.2) is 18.2 Å². The van der Waals surface area contributed by atoms with Gasteiger partial charge in [-0.15, -0.1) is 0 Å². The molecule has 1 aromatic rings. The van der Waals surface area contributed by atoms with Crippen LogP contribution in [0.1, 0.15) is 11.1 Å². The van der Waals surface area contributed by atoms with Gasteiger partial charge < -0.3 is 10.5 Å². The van der Waals surface area contributed by atoms with Gasteiger partial charge in [-0.1, -0.05) is 12.1 Å². The van der Waals surface area contributed by atoms with Crippen molar-refractivity contribution in [1.82, 2.24) is 9.03 Å². The third kappa shape index (κ3) is 3.24. The molecule has 6 nitrogen and oxygen atoms in total. The van der Waals surface area contributed by atoms with Crippen molar-refractivity contribution in [3.05, 3.63) is 29.3 Å². The Balaban J connectivity index is 2.09. The van der Waals surface area contributed by atoms with Crippen LogP contribution in [-0.4, -0.2) is 39.5 Å². The van der Waals surface area contributed by atoms with Gasteiger partial charge in [0.25, 0.3) is 10.2 Å². The molecule has 7 heteroatoms. The smallest absolute Gasteiger partial charge is 0.279 e. The van der Waals surface area contributed by atoms with Crippen LogP contribution in [0, 0.1) is 0 Å². The van der Waals surface area contributed by atoms with Gasteiger partial charge in [-0.25, -0.2) is 0 Å². The van der Waals surface area contributed by atoms with Gasteiger partial charge in [-0.3, -0.25) is 0 Å². The minimum absolute atomic E-state index is 0.277. The predicted octanol–water partition coefficient (Wildman–Crippen LogP) is 0.108. The first-order chi connectivity index (χ1) is 9.04. The summed E-state index contributed by atoms with van der Waals surface area (Å²) >= 11 is 0. The lowest BCUT2D eigenvalue weighted by Gasteiger charge is -2.28. The largest absolute Gasteiger partial charge is 0.398 e. The summed E-state index contributed by atoms with van der Waals surface area (Å²) in [7, 11) is -1.91. The lowest BCUT2D eigenvalue weighted by atomic mass is 9.99. The summed E-state index contributed by atoms with van der Waals surface area (Å²) in [6, 6.07) is 5.62. The number of fused-ring (bicyclic) bond motifs is 1. The number of benzene rings is 1. The van der Waals surface area contributed by atoms with Crippen molar-refractivity contribution in [3.63, 3.8) is 0 Å². The Morgan fingerprint density at radius 2 is 2.26 bits per heavy atom. The molecule has 0 aromatic heterocycles. The Hall–Kier alpha value is -1.15. The molecule has 0 saturated heterocycles. The van der Waals surface area contributed by atoms with Crippen molar-refractivity contribution >= 4 is 15.9 Å². The van der Waals surface area contributed by atoms with Crippen LogP contribution in [0.25, 0.3) is 0 Å². The number of hydrogen-bond donors (Lipinski definition) is 2. The first-order valence-corrected chi connectivity index (χ1v) is 7.58. The number of anilines is 1. The Morgan fingerprint density at radius 1 is 1.47 bits per heavy atom. The molecule has 0 spiro atoms. The molecule has 106 valence electrons. The van der Waals surface area contributed by atoms with E-state index in [9.17, 15) is 8.42 Å². The molecular weight excluding hydrogens is 266 g/mol. The number of hydrogen-bond acceptors (Lipinski definition) is 4.